The molecule has 8 rings (SSSR count). The molecule has 4 aromatic rings. The molecule has 13 nitrogen and oxygen atoms in total. The molecular formula is C39H42N8O5. The molecule has 13 heteroatoms. The maximum absolute atomic E-state index is 13.5. The molecule has 0 saturated carbocycles. The van der Waals surface area contributed by atoms with E-state index in [-0.39, 0.29) is 18.7 Å². The van der Waals surface area contributed by atoms with E-state index in [0.29, 0.717) is 47.3 Å². The van der Waals surface area contributed by atoms with Gasteiger partial charge < -0.3 is 15.2 Å². The molecule has 3 fully saturated rings. The number of amides is 5. The number of anilines is 2. The molecule has 3 saturated heterocycles. The number of nitrogens with one attached hydrogen (secondary N) is 3. The standard InChI is InChI=1S/C39H42N8O5/c1-44-15-4-8-30(44)29-21-26-23-40-33(22-28(26)41-29)42-36(49)25-11-9-24(10-12-25)5-3-16-45-17-19-46(20-18-45)31-7-2-6-27-35(31)39(52)47(38(27)51)32-13-14-34(48)43-37(32)50/h2,6-7,9-12,21-23,30,32,41H,3-5,8,13-20H2,1H3,(H,40,42,49)(H,43,48,50)/t30-,32?/m1/s1. The van der Waals surface area contributed by atoms with Crippen LogP contribution >= 0.6 is 0 Å². The van der Waals surface area contributed by atoms with Gasteiger partial charge in [-0.1, -0.05) is 18.2 Å². The number of piperidine rings is 1. The Morgan fingerprint density at radius 2 is 1.73 bits per heavy atom. The zero-order valence-electron chi connectivity index (χ0n) is 29.2. The Bertz CT molecular complexity index is 2070. The highest BCUT2D eigenvalue weighted by atomic mass is 16.2. The number of H-pyrrole nitrogens is 1. The lowest BCUT2D eigenvalue weighted by atomic mass is 10.0. The molecule has 2 aromatic heterocycles. The highest BCUT2D eigenvalue weighted by molar-refractivity contribution is 6.25. The molecular weight excluding hydrogens is 660 g/mol. The summed E-state index contributed by atoms with van der Waals surface area (Å²) in [6.45, 7) is 5.03. The monoisotopic (exact) mass is 702 g/mol. The number of hydrogen-bond donors (Lipinski definition) is 3. The number of likely N-dealkylation sites (tertiary alicyclic amines) is 1. The van der Waals surface area contributed by atoms with Crippen LogP contribution in [0.3, 0.4) is 0 Å². The highest BCUT2D eigenvalue weighted by Gasteiger charge is 2.46. The minimum Gasteiger partial charge on any atom is -0.368 e. The zero-order valence-corrected chi connectivity index (χ0v) is 29.2. The molecule has 0 radical (unpaired) electrons. The lowest BCUT2D eigenvalue weighted by molar-refractivity contribution is -0.136. The summed E-state index contributed by atoms with van der Waals surface area (Å²) in [6.07, 6.45) is 6.19. The number of fused-ring (bicyclic) bond motifs is 2. The number of carbonyl (C=O) groups excluding carboxylic acids is 5. The van der Waals surface area contributed by atoms with Crippen LogP contribution in [0.4, 0.5) is 11.5 Å². The van der Waals surface area contributed by atoms with Crippen LogP contribution in [-0.4, -0.2) is 107 Å². The lowest BCUT2D eigenvalue weighted by Gasteiger charge is -2.36. The van der Waals surface area contributed by atoms with E-state index in [0.717, 1.165) is 66.8 Å². The van der Waals surface area contributed by atoms with Gasteiger partial charge in [-0.05, 0) is 88.1 Å². The fourth-order valence-corrected chi connectivity index (χ4v) is 8.09. The number of rotatable bonds is 9. The van der Waals surface area contributed by atoms with Crippen molar-refractivity contribution < 1.29 is 24.0 Å². The van der Waals surface area contributed by atoms with E-state index in [4.69, 9.17) is 0 Å². The molecule has 0 spiro atoms. The molecule has 268 valence electrons. The van der Waals surface area contributed by atoms with Gasteiger partial charge >= 0.3 is 0 Å². The average Bonchev–Trinajstić information content (AvgIpc) is 3.84. The third-order valence-electron chi connectivity index (χ3n) is 11.0. The van der Waals surface area contributed by atoms with Crippen molar-refractivity contribution in [2.24, 2.45) is 0 Å². The van der Waals surface area contributed by atoms with E-state index < -0.39 is 29.7 Å². The number of imide groups is 2. The number of pyridine rings is 1. The molecule has 4 aliphatic heterocycles. The first-order valence-electron chi connectivity index (χ1n) is 18.1. The summed E-state index contributed by atoms with van der Waals surface area (Å²) in [7, 11) is 2.15. The molecule has 1 unspecified atom stereocenters. The molecule has 3 N–H and O–H groups in total. The van der Waals surface area contributed by atoms with Crippen LogP contribution in [0.15, 0.2) is 60.8 Å². The predicted octanol–water partition coefficient (Wildman–Crippen LogP) is 3.74. The van der Waals surface area contributed by atoms with Gasteiger partial charge in [0.25, 0.3) is 17.7 Å². The third kappa shape index (κ3) is 6.46. The summed E-state index contributed by atoms with van der Waals surface area (Å²) >= 11 is 0. The van der Waals surface area contributed by atoms with Crippen molar-refractivity contribution in [3.05, 3.63) is 88.7 Å². The van der Waals surface area contributed by atoms with Gasteiger partial charge in [-0.25, -0.2) is 4.98 Å². The SMILES string of the molecule is CN1CCC[C@@H]1c1cc2cnc(NC(=O)c3ccc(CCCN4CCN(c5cccc6c5C(=O)N(C5CCC(=O)NC5=O)C6=O)CC4)cc3)cc2[nH]1. The highest BCUT2D eigenvalue weighted by Crippen LogP contribution is 2.35. The number of nitrogens with zero attached hydrogens (tertiary/aromatic N) is 5. The number of hydrogen-bond acceptors (Lipinski definition) is 9. The van der Waals surface area contributed by atoms with Gasteiger partial charge in [0.1, 0.15) is 11.9 Å². The van der Waals surface area contributed by atoms with Crippen LogP contribution in [0.25, 0.3) is 10.9 Å². The van der Waals surface area contributed by atoms with Crippen LogP contribution in [0.5, 0.6) is 0 Å². The summed E-state index contributed by atoms with van der Waals surface area (Å²) in [5.41, 5.74) is 5.23. The van der Waals surface area contributed by atoms with Gasteiger partial charge in [0.05, 0.1) is 22.3 Å². The number of aromatic amines is 1. The number of aromatic nitrogens is 2. The Kier molecular flexibility index (Phi) is 9.06. The van der Waals surface area contributed by atoms with Crippen LogP contribution in [-0.2, 0) is 16.0 Å². The van der Waals surface area contributed by atoms with E-state index >= 15 is 0 Å². The molecule has 0 bridgehead atoms. The predicted molar refractivity (Wildman–Crippen MR) is 195 cm³/mol. The Balaban J connectivity index is 0.815. The first-order chi connectivity index (χ1) is 25.2. The molecule has 0 aliphatic carbocycles. The minimum atomic E-state index is -0.983. The van der Waals surface area contributed by atoms with Crippen LogP contribution in [0.1, 0.15) is 80.5 Å². The summed E-state index contributed by atoms with van der Waals surface area (Å²) in [6, 6.07) is 16.4. The topological polar surface area (TPSA) is 151 Å². The third-order valence-corrected chi connectivity index (χ3v) is 11.0. The van der Waals surface area contributed by atoms with E-state index in [2.05, 4.69) is 48.4 Å². The molecule has 4 aliphatic rings. The van der Waals surface area contributed by atoms with Crippen molar-refractivity contribution in [2.75, 3.05) is 56.5 Å². The van der Waals surface area contributed by atoms with Crippen LogP contribution in [0, 0.1) is 0 Å². The maximum Gasteiger partial charge on any atom is 0.264 e. The van der Waals surface area contributed by atoms with Crippen molar-refractivity contribution in [3.63, 3.8) is 0 Å². The first-order valence-corrected chi connectivity index (χ1v) is 18.1. The lowest BCUT2D eigenvalue weighted by Crippen LogP contribution is -2.54. The summed E-state index contributed by atoms with van der Waals surface area (Å²) < 4.78 is 0. The molecule has 52 heavy (non-hydrogen) atoms. The Hall–Kier alpha value is -5.40. The van der Waals surface area contributed by atoms with E-state index in [1.165, 1.54) is 12.1 Å². The summed E-state index contributed by atoms with van der Waals surface area (Å²) in [5, 5.41) is 6.23. The second-order valence-corrected chi connectivity index (χ2v) is 14.3. The van der Waals surface area contributed by atoms with Gasteiger partial charge in [-0.15, -0.1) is 0 Å². The van der Waals surface area contributed by atoms with Gasteiger partial charge in [0.15, 0.2) is 0 Å². The summed E-state index contributed by atoms with van der Waals surface area (Å²) in [5.74, 6) is -1.65. The Morgan fingerprint density at radius 1 is 0.923 bits per heavy atom. The van der Waals surface area contributed by atoms with Crippen LogP contribution < -0.4 is 15.5 Å². The molecule has 2 aromatic carbocycles. The second kappa shape index (κ2) is 14.0. The number of piperazine rings is 1. The molecule has 5 amide bonds. The second-order valence-electron chi connectivity index (χ2n) is 14.3. The number of aryl methyl sites for hydroxylation is 1. The largest absolute Gasteiger partial charge is 0.368 e. The minimum absolute atomic E-state index is 0.0884. The van der Waals surface area contributed by atoms with Gasteiger partial charge in [-0.3, -0.25) is 44.0 Å². The fourth-order valence-electron chi connectivity index (χ4n) is 8.09. The van der Waals surface area contributed by atoms with Crippen molar-refractivity contribution in [3.8, 4) is 0 Å². The fraction of sp³-hybridized carbons (Fsp3) is 0.385. The molecule has 6 heterocycles. The number of benzene rings is 2. The van der Waals surface area contributed by atoms with Crippen molar-refractivity contribution >= 4 is 51.9 Å². The summed E-state index contributed by atoms with van der Waals surface area (Å²) in [4.78, 5) is 79.9. The van der Waals surface area contributed by atoms with Crippen LogP contribution in [0.2, 0.25) is 0 Å². The Labute approximate surface area is 301 Å². The molecule has 2 atom stereocenters. The van der Waals surface area contributed by atoms with Gasteiger partial charge in [0.2, 0.25) is 11.8 Å². The van der Waals surface area contributed by atoms with E-state index in [1.807, 2.05) is 36.4 Å². The first kappa shape index (κ1) is 33.7. The normalized spacial score (nSPS) is 21.2. The Morgan fingerprint density at radius 3 is 2.48 bits per heavy atom. The van der Waals surface area contributed by atoms with Crippen molar-refractivity contribution in [2.45, 2.75) is 50.6 Å². The van der Waals surface area contributed by atoms with Crippen molar-refractivity contribution in [1.82, 2.24) is 30.0 Å². The maximum atomic E-state index is 13.5. The van der Waals surface area contributed by atoms with E-state index in [9.17, 15) is 24.0 Å². The quantitative estimate of drug-likeness (QED) is 0.222. The number of carbonyl (C=O) groups is 5. The smallest absolute Gasteiger partial charge is 0.264 e. The van der Waals surface area contributed by atoms with Gasteiger partial charge in [-0.2, -0.15) is 0 Å². The van der Waals surface area contributed by atoms with Gasteiger partial charge in [0, 0.05) is 67.5 Å². The van der Waals surface area contributed by atoms with Crippen molar-refractivity contribution in [1.29, 1.82) is 0 Å². The zero-order chi connectivity index (χ0) is 35.9. The average molecular weight is 703 g/mol. The van der Waals surface area contributed by atoms with E-state index in [1.54, 1.807) is 18.3 Å².